The molecule has 78 valence electrons. The summed E-state index contributed by atoms with van der Waals surface area (Å²) < 4.78 is 4.69. The van der Waals surface area contributed by atoms with Gasteiger partial charge in [-0.3, -0.25) is 4.90 Å². The highest BCUT2D eigenvalue weighted by Gasteiger charge is 2.22. The van der Waals surface area contributed by atoms with Crippen molar-refractivity contribution in [2.24, 2.45) is 11.7 Å². The fourth-order valence-corrected chi connectivity index (χ4v) is 2.10. The molecule has 1 aliphatic rings. The van der Waals surface area contributed by atoms with Crippen molar-refractivity contribution in [3.05, 3.63) is 12.2 Å². The number of nitrogens with zero attached hydrogens (tertiary/aromatic N) is 3. The molecule has 2 N–H and O–H groups in total. The fourth-order valence-electron chi connectivity index (χ4n) is 2.10. The van der Waals surface area contributed by atoms with Crippen LogP contribution in [0.3, 0.4) is 0 Å². The molecule has 2 unspecified atom stereocenters. The van der Waals surface area contributed by atoms with Crippen LogP contribution in [0.25, 0.3) is 0 Å². The van der Waals surface area contributed by atoms with Crippen LogP contribution in [-0.2, 0) is 6.54 Å². The number of likely N-dealkylation sites (tertiary alicyclic amines) is 1. The summed E-state index contributed by atoms with van der Waals surface area (Å²) in [5, 5.41) is 3.79. The molecule has 1 aromatic heterocycles. The lowest BCUT2D eigenvalue weighted by molar-refractivity contribution is 0.153. The number of nitrogens with two attached hydrogens (primary N) is 1. The Kier molecular flexibility index (Phi) is 2.79. The van der Waals surface area contributed by atoms with E-state index in [0.29, 0.717) is 5.92 Å². The maximum atomic E-state index is 5.94. The first-order valence-electron chi connectivity index (χ1n) is 4.97. The van der Waals surface area contributed by atoms with Gasteiger partial charge in [0.2, 0.25) is 6.39 Å². The fraction of sp³-hybridized carbons (Fsp3) is 0.778. The van der Waals surface area contributed by atoms with Crippen LogP contribution in [-0.4, -0.2) is 34.2 Å². The molecule has 0 bridgehead atoms. The summed E-state index contributed by atoms with van der Waals surface area (Å²) in [5.41, 5.74) is 5.94. The summed E-state index contributed by atoms with van der Waals surface area (Å²) in [4.78, 5) is 6.28. The summed E-state index contributed by atoms with van der Waals surface area (Å²) in [5.74, 6) is 1.40. The number of aromatic nitrogens is 2. The van der Waals surface area contributed by atoms with E-state index in [-0.39, 0.29) is 6.04 Å². The van der Waals surface area contributed by atoms with E-state index in [4.69, 9.17) is 10.3 Å². The zero-order valence-corrected chi connectivity index (χ0v) is 8.39. The molecule has 0 radical (unpaired) electrons. The number of hydrogen-bond acceptors (Lipinski definition) is 5. The molecule has 1 saturated heterocycles. The van der Waals surface area contributed by atoms with Gasteiger partial charge in [0.15, 0.2) is 5.82 Å². The lowest BCUT2D eigenvalue weighted by Crippen LogP contribution is -2.45. The summed E-state index contributed by atoms with van der Waals surface area (Å²) in [7, 11) is 0. The van der Waals surface area contributed by atoms with E-state index >= 15 is 0 Å². The SMILES string of the molecule is CC1CC(N)CN(Cc2ncon2)C1. The van der Waals surface area contributed by atoms with Crippen molar-refractivity contribution in [2.75, 3.05) is 13.1 Å². The Morgan fingerprint density at radius 3 is 3.14 bits per heavy atom. The Labute approximate surface area is 83.3 Å². The van der Waals surface area contributed by atoms with Crippen LogP contribution in [0, 0.1) is 5.92 Å². The van der Waals surface area contributed by atoms with Gasteiger partial charge in [0.05, 0.1) is 6.54 Å². The Hall–Kier alpha value is -0.940. The van der Waals surface area contributed by atoms with Gasteiger partial charge in [-0.1, -0.05) is 12.1 Å². The molecule has 0 aliphatic carbocycles. The highest BCUT2D eigenvalue weighted by atomic mass is 16.5. The number of piperidine rings is 1. The predicted molar refractivity (Wildman–Crippen MR) is 51.3 cm³/mol. The highest BCUT2D eigenvalue weighted by Crippen LogP contribution is 2.16. The maximum Gasteiger partial charge on any atom is 0.213 e. The zero-order valence-electron chi connectivity index (χ0n) is 8.39. The smallest absolute Gasteiger partial charge is 0.213 e. The molecular formula is C9H16N4O. The molecule has 2 atom stereocenters. The van der Waals surface area contributed by atoms with Gasteiger partial charge in [-0.25, -0.2) is 0 Å². The number of rotatable bonds is 2. The number of hydrogen-bond donors (Lipinski definition) is 1. The van der Waals surface area contributed by atoms with Gasteiger partial charge in [0, 0.05) is 19.1 Å². The normalized spacial score (nSPS) is 29.3. The first-order valence-corrected chi connectivity index (χ1v) is 4.97. The van der Waals surface area contributed by atoms with Crippen LogP contribution >= 0.6 is 0 Å². The second-order valence-electron chi connectivity index (χ2n) is 4.14. The average Bonchev–Trinajstić information content (AvgIpc) is 2.54. The summed E-state index contributed by atoms with van der Waals surface area (Å²) in [6.07, 6.45) is 2.48. The van der Waals surface area contributed by atoms with Gasteiger partial charge in [-0.15, -0.1) is 0 Å². The molecule has 1 aliphatic heterocycles. The third-order valence-corrected chi connectivity index (χ3v) is 2.54. The minimum Gasteiger partial charge on any atom is -0.343 e. The Balaban J connectivity index is 1.91. The topological polar surface area (TPSA) is 68.2 Å². The summed E-state index contributed by atoms with van der Waals surface area (Å²) >= 11 is 0. The molecule has 1 fully saturated rings. The van der Waals surface area contributed by atoms with Gasteiger partial charge < -0.3 is 10.3 Å². The Morgan fingerprint density at radius 2 is 2.50 bits per heavy atom. The van der Waals surface area contributed by atoms with E-state index in [0.717, 1.165) is 31.9 Å². The van der Waals surface area contributed by atoms with Crippen LogP contribution in [0.1, 0.15) is 19.2 Å². The molecule has 0 aromatic carbocycles. The van der Waals surface area contributed by atoms with Crippen LogP contribution in [0.5, 0.6) is 0 Å². The van der Waals surface area contributed by atoms with E-state index < -0.39 is 0 Å². The van der Waals surface area contributed by atoms with E-state index in [2.05, 4.69) is 22.0 Å². The van der Waals surface area contributed by atoms with Gasteiger partial charge in [-0.2, -0.15) is 4.98 Å². The van der Waals surface area contributed by atoms with Gasteiger partial charge in [0.25, 0.3) is 0 Å². The standard InChI is InChI=1S/C9H16N4O/c1-7-2-8(10)4-13(3-7)5-9-11-6-14-12-9/h6-8H,2-5,10H2,1H3. The Morgan fingerprint density at radius 1 is 1.64 bits per heavy atom. The second kappa shape index (κ2) is 4.06. The van der Waals surface area contributed by atoms with Crippen molar-refractivity contribution < 1.29 is 4.52 Å². The van der Waals surface area contributed by atoms with Crippen molar-refractivity contribution in [2.45, 2.75) is 25.9 Å². The highest BCUT2D eigenvalue weighted by molar-refractivity contribution is 4.84. The van der Waals surface area contributed by atoms with Crippen molar-refractivity contribution in [1.82, 2.24) is 15.0 Å². The first-order chi connectivity index (χ1) is 6.74. The van der Waals surface area contributed by atoms with Crippen LogP contribution < -0.4 is 5.73 Å². The molecule has 0 saturated carbocycles. The van der Waals surface area contributed by atoms with Gasteiger partial charge in [0.1, 0.15) is 0 Å². The molecule has 2 heterocycles. The lowest BCUT2D eigenvalue weighted by Gasteiger charge is -2.33. The molecule has 1 aromatic rings. The summed E-state index contributed by atoms with van der Waals surface area (Å²) in [6.45, 7) is 4.97. The van der Waals surface area contributed by atoms with E-state index in [1.54, 1.807) is 0 Å². The monoisotopic (exact) mass is 196 g/mol. The molecule has 0 spiro atoms. The molecule has 5 heteroatoms. The van der Waals surface area contributed by atoms with Crippen LogP contribution in [0.2, 0.25) is 0 Å². The minimum absolute atomic E-state index is 0.283. The second-order valence-corrected chi connectivity index (χ2v) is 4.14. The van der Waals surface area contributed by atoms with E-state index in [1.807, 2.05) is 0 Å². The summed E-state index contributed by atoms with van der Waals surface area (Å²) in [6, 6.07) is 0.283. The minimum atomic E-state index is 0.283. The van der Waals surface area contributed by atoms with Crippen molar-refractivity contribution in [3.63, 3.8) is 0 Å². The molecular weight excluding hydrogens is 180 g/mol. The molecule has 2 rings (SSSR count). The third-order valence-electron chi connectivity index (χ3n) is 2.54. The van der Waals surface area contributed by atoms with Crippen LogP contribution in [0.4, 0.5) is 0 Å². The zero-order chi connectivity index (χ0) is 9.97. The average molecular weight is 196 g/mol. The van der Waals surface area contributed by atoms with Gasteiger partial charge in [-0.05, 0) is 12.3 Å². The lowest BCUT2D eigenvalue weighted by atomic mass is 9.97. The van der Waals surface area contributed by atoms with Crippen molar-refractivity contribution in [3.8, 4) is 0 Å². The van der Waals surface area contributed by atoms with Crippen LogP contribution in [0.15, 0.2) is 10.9 Å². The molecule has 14 heavy (non-hydrogen) atoms. The van der Waals surface area contributed by atoms with Gasteiger partial charge >= 0.3 is 0 Å². The maximum absolute atomic E-state index is 5.94. The van der Waals surface area contributed by atoms with E-state index in [1.165, 1.54) is 6.39 Å². The molecule has 5 nitrogen and oxygen atoms in total. The first kappa shape index (κ1) is 9.61. The largest absolute Gasteiger partial charge is 0.343 e. The molecule has 0 amide bonds. The van der Waals surface area contributed by atoms with E-state index in [9.17, 15) is 0 Å². The third kappa shape index (κ3) is 2.30. The predicted octanol–water partition coefficient (Wildman–Crippen LogP) is 0.239. The van der Waals surface area contributed by atoms with Crippen molar-refractivity contribution in [1.29, 1.82) is 0 Å². The Bertz CT molecular complexity index is 264. The van der Waals surface area contributed by atoms with Crippen molar-refractivity contribution >= 4 is 0 Å². The quantitative estimate of drug-likeness (QED) is 0.733.